The number of rotatable bonds is 7. The van der Waals surface area contributed by atoms with Gasteiger partial charge in [0.1, 0.15) is 11.5 Å². The first-order valence-electron chi connectivity index (χ1n) is 11.1. The molecule has 1 aliphatic carbocycles. The van der Waals surface area contributed by atoms with Crippen molar-refractivity contribution in [2.45, 2.75) is 38.5 Å². The summed E-state index contributed by atoms with van der Waals surface area (Å²) in [6.45, 7) is 0. The van der Waals surface area contributed by atoms with Crippen LogP contribution >= 0.6 is 0 Å². The number of nitrogens with one attached hydrogen (secondary N) is 2. The quantitative estimate of drug-likeness (QED) is 0.411. The SMILES string of the molecule is O=C(O)c1ccc(NC(=O)c2cccc(CC3CCCCC3)n2)c(Nc2ccc(F)cc2)c1. The number of amides is 1. The Kier molecular flexibility index (Phi) is 6.98. The van der Waals surface area contributed by atoms with Crippen molar-refractivity contribution in [3.05, 3.63) is 83.4 Å². The Morgan fingerprint density at radius 1 is 0.970 bits per heavy atom. The maximum absolute atomic E-state index is 13.2. The molecule has 2 aromatic carbocycles. The number of carboxylic acid groups (broad SMARTS) is 1. The number of carbonyl (C=O) groups excluding carboxylic acids is 1. The number of hydrogen-bond donors (Lipinski definition) is 3. The molecule has 0 aliphatic heterocycles. The van der Waals surface area contributed by atoms with Crippen LogP contribution in [-0.4, -0.2) is 22.0 Å². The number of nitrogens with zero attached hydrogens (tertiary/aromatic N) is 1. The molecule has 0 saturated heterocycles. The highest BCUT2D eigenvalue weighted by Gasteiger charge is 2.17. The highest BCUT2D eigenvalue weighted by atomic mass is 19.1. The van der Waals surface area contributed by atoms with Crippen molar-refractivity contribution >= 4 is 28.9 Å². The van der Waals surface area contributed by atoms with E-state index in [0.717, 1.165) is 12.1 Å². The van der Waals surface area contributed by atoms with Crippen LogP contribution in [0.1, 0.15) is 58.6 Å². The number of aromatic nitrogens is 1. The lowest BCUT2D eigenvalue weighted by atomic mass is 9.86. The van der Waals surface area contributed by atoms with Gasteiger partial charge in [-0.15, -0.1) is 0 Å². The van der Waals surface area contributed by atoms with Crippen LogP contribution in [0, 0.1) is 11.7 Å². The summed E-state index contributed by atoms with van der Waals surface area (Å²) in [5, 5.41) is 15.2. The summed E-state index contributed by atoms with van der Waals surface area (Å²) in [4.78, 5) is 29.0. The molecular formula is C26H26FN3O3. The molecule has 1 aromatic heterocycles. The van der Waals surface area contributed by atoms with E-state index in [9.17, 15) is 19.1 Å². The zero-order chi connectivity index (χ0) is 23.2. The van der Waals surface area contributed by atoms with E-state index in [0.29, 0.717) is 28.7 Å². The molecule has 6 nitrogen and oxygen atoms in total. The number of aromatic carboxylic acids is 1. The molecule has 33 heavy (non-hydrogen) atoms. The molecule has 1 aliphatic rings. The normalized spacial score (nSPS) is 14.0. The van der Waals surface area contributed by atoms with Gasteiger partial charge < -0.3 is 15.7 Å². The first-order chi connectivity index (χ1) is 16.0. The Labute approximate surface area is 191 Å². The second-order valence-corrected chi connectivity index (χ2v) is 8.37. The van der Waals surface area contributed by atoms with Gasteiger partial charge in [-0.25, -0.2) is 14.2 Å². The highest BCUT2D eigenvalue weighted by molar-refractivity contribution is 6.05. The Morgan fingerprint density at radius 2 is 1.73 bits per heavy atom. The summed E-state index contributed by atoms with van der Waals surface area (Å²) < 4.78 is 13.2. The van der Waals surface area contributed by atoms with Gasteiger partial charge in [-0.3, -0.25) is 4.79 Å². The summed E-state index contributed by atoms with van der Waals surface area (Å²) in [6.07, 6.45) is 7.06. The highest BCUT2D eigenvalue weighted by Crippen LogP contribution is 2.29. The van der Waals surface area contributed by atoms with Crippen LogP contribution in [0.25, 0.3) is 0 Å². The number of carboxylic acids is 1. The zero-order valence-electron chi connectivity index (χ0n) is 18.2. The minimum absolute atomic E-state index is 0.0604. The van der Waals surface area contributed by atoms with Gasteiger partial charge in [0.25, 0.3) is 5.91 Å². The smallest absolute Gasteiger partial charge is 0.335 e. The Bertz CT molecular complexity index is 1140. The molecule has 4 rings (SSSR count). The fourth-order valence-electron chi connectivity index (χ4n) is 4.17. The molecular weight excluding hydrogens is 421 g/mol. The van der Waals surface area contributed by atoms with E-state index >= 15 is 0 Å². The summed E-state index contributed by atoms with van der Waals surface area (Å²) in [5.74, 6) is -1.25. The number of benzene rings is 2. The summed E-state index contributed by atoms with van der Waals surface area (Å²) >= 11 is 0. The minimum Gasteiger partial charge on any atom is -0.478 e. The van der Waals surface area contributed by atoms with Crippen LogP contribution in [0.4, 0.5) is 21.5 Å². The lowest BCUT2D eigenvalue weighted by Crippen LogP contribution is -2.17. The van der Waals surface area contributed by atoms with Gasteiger partial charge in [0.15, 0.2) is 0 Å². The van der Waals surface area contributed by atoms with E-state index in [1.165, 1.54) is 74.6 Å². The molecule has 170 valence electrons. The molecule has 3 aromatic rings. The molecule has 1 heterocycles. The lowest BCUT2D eigenvalue weighted by molar-refractivity contribution is 0.0696. The Balaban J connectivity index is 1.53. The average Bonchev–Trinajstić information content (AvgIpc) is 2.82. The molecule has 7 heteroatoms. The number of carbonyl (C=O) groups is 2. The van der Waals surface area contributed by atoms with Crippen LogP contribution in [0.5, 0.6) is 0 Å². The molecule has 3 N–H and O–H groups in total. The lowest BCUT2D eigenvalue weighted by Gasteiger charge is -2.21. The van der Waals surface area contributed by atoms with E-state index in [2.05, 4.69) is 15.6 Å². The fourth-order valence-corrected chi connectivity index (χ4v) is 4.17. The molecule has 1 saturated carbocycles. The number of halogens is 1. The fraction of sp³-hybridized carbons (Fsp3) is 0.269. The predicted molar refractivity (Wildman–Crippen MR) is 126 cm³/mol. The van der Waals surface area contributed by atoms with Gasteiger partial charge >= 0.3 is 5.97 Å². The zero-order valence-corrected chi connectivity index (χ0v) is 18.2. The predicted octanol–water partition coefficient (Wildman–Crippen LogP) is 6.04. The van der Waals surface area contributed by atoms with Crippen LogP contribution < -0.4 is 10.6 Å². The van der Waals surface area contributed by atoms with Crippen LogP contribution in [0.2, 0.25) is 0 Å². The molecule has 0 bridgehead atoms. The van der Waals surface area contributed by atoms with Crippen LogP contribution in [0.15, 0.2) is 60.7 Å². The molecule has 0 atom stereocenters. The van der Waals surface area contributed by atoms with Gasteiger partial charge in [0.2, 0.25) is 0 Å². The Hall–Kier alpha value is -3.74. The summed E-state index contributed by atoms with van der Waals surface area (Å²) in [5.41, 5.74) is 2.60. The van der Waals surface area contributed by atoms with Gasteiger partial charge in [0, 0.05) is 11.4 Å². The first-order valence-corrected chi connectivity index (χ1v) is 11.1. The van der Waals surface area contributed by atoms with Crippen molar-refractivity contribution in [2.75, 3.05) is 10.6 Å². The van der Waals surface area contributed by atoms with E-state index in [1.54, 1.807) is 6.07 Å². The van der Waals surface area contributed by atoms with E-state index in [4.69, 9.17) is 0 Å². The van der Waals surface area contributed by atoms with Crippen LogP contribution in [-0.2, 0) is 6.42 Å². The average molecular weight is 448 g/mol. The van der Waals surface area contributed by atoms with Crippen molar-refractivity contribution in [1.82, 2.24) is 4.98 Å². The molecule has 0 spiro atoms. The number of anilines is 3. The van der Waals surface area contributed by atoms with Gasteiger partial charge in [-0.1, -0.05) is 38.2 Å². The van der Waals surface area contributed by atoms with Gasteiger partial charge in [0.05, 0.1) is 16.9 Å². The maximum atomic E-state index is 13.2. The largest absolute Gasteiger partial charge is 0.478 e. The van der Waals surface area contributed by atoms with Crippen molar-refractivity contribution < 1.29 is 19.1 Å². The second-order valence-electron chi connectivity index (χ2n) is 8.37. The van der Waals surface area contributed by atoms with Crippen molar-refractivity contribution in [3.63, 3.8) is 0 Å². The van der Waals surface area contributed by atoms with Crippen molar-refractivity contribution in [3.8, 4) is 0 Å². The molecule has 0 radical (unpaired) electrons. The summed E-state index contributed by atoms with van der Waals surface area (Å²) in [6, 6.07) is 15.5. The third kappa shape index (κ3) is 5.94. The van der Waals surface area contributed by atoms with E-state index < -0.39 is 5.97 Å². The van der Waals surface area contributed by atoms with Crippen molar-refractivity contribution in [2.24, 2.45) is 5.92 Å². The van der Waals surface area contributed by atoms with E-state index in [-0.39, 0.29) is 17.3 Å². The second kappa shape index (κ2) is 10.3. The molecule has 0 unspecified atom stereocenters. The Morgan fingerprint density at radius 3 is 2.45 bits per heavy atom. The third-order valence-corrected chi connectivity index (χ3v) is 5.90. The molecule has 1 amide bonds. The number of hydrogen-bond acceptors (Lipinski definition) is 4. The van der Waals surface area contributed by atoms with Crippen molar-refractivity contribution in [1.29, 1.82) is 0 Å². The monoisotopic (exact) mass is 447 g/mol. The minimum atomic E-state index is -1.09. The van der Waals surface area contributed by atoms with E-state index in [1.807, 2.05) is 12.1 Å². The number of pyridine rings is 1. The first kappa shape index (κ1) is 22.5. The topological polar surface area (TPSA) is 91.3 Å². The summed E-state index contributed by atoms with van der Waals surface area (Å²) in [7, 11) is 0. The maximum Gasteiger partial charge on any atom is 0.335 e. The van der Waals surface area contributed by atoms with Crippen LogP contribution in [0.3, 0.4) is 0 Å². The van der Waals surface area contributed by atoms with Gasteiger partial charge in [-0.2, -0.15) is 0 Å². The molecule has 1 fully saturated rings. The standard InChI is InChI=1S/C26H26FN3O3/c27-19-10-12-20(13-11-19)28-24-16-18(26(32)33)9-14-22(24)30-25(31)23-8-4-7-21(29-23)15-17-5-2-1-3-6-17/h4,7-14,16-17,28H,1-3,5-6,15H2,(H,30,31)(H,32,33). The third-order valence-electron chi connectivity index (χ3n) is 5.90. The van der Waals surface area contributed by atoms with Gasteiger partial charge in [-0.05, 0) is 66.9 Å².